The predicted molar refractivity (Wildman–Crippen MR) is 78.7 cm³/mol. The summed E-state index contributed by atoms with van der Waals surface area (Å²) >= 11 is 11.6. The normalized spacial score (nSPS) is 10.3. The lowest BCUT2D eigenvalue weighted by Gasteiger charge is -2.23. The van der Waals surface area contributed by atoms with E-state index < -0.39 is 0 Å². The van der Waals surface area contributed by atoms with Crippen LogP contribution < -0.4 is 4.90 Å². The van der Waals surface area contributed by atoms with Crippen LogP contribution in [-0.4, -0.2) is 31.1 Å². The summed E-state index contributed by atoms with van der Waals surface area (Å²) in [6.45, 7) is 1.60. The first-order valence-electron chi connectivity index (χ1n) is 6.12. The van der Waals surface area contributed by atoms with Crippen molar-refractivity contribution >= 4 is 35.2 Å². The fourth-order valence-electron chi connectivity index (χ4n) is 1.81. The van der Waals surface area contributed by atoms with Crippen molar-refractivity contribution in [1.29, 1.82) is 0 Å². The highest BCUT2D eigenvalue weighted by Gasteiger charge is 2.04. The van der Waals surface area contributed by atoms with Crippen molar-refractivity contribution in [1.82, 2.24) is 0 Å². The summed E-state index contributed by atoms with van der Waals surface area (Å²) in [4.78, 5) is 12.3. The number of hydrogen-bond donors (Lipinski definition) is 0. The lowest BCUT2D eigenvalue weighted by atomic mass is 10.1. The van der Waals surface area contributed by atoms with Crippen molar-refractivity contribution < 1.29 is 4.79 Å². The number of benzene rings is 1. The van der Waals surface area contributed by atoms with Gasteiger partial charge in [-0.25, -0.2) is 0 Å². The topological polar surface area (TPSA) is 20.3 Å². The Morgan fingerprint density at radius 2 is 1.67 bits per heavy atom. The summed E-state index contributed by atoms with van der Waals surface area (Å²) in [6.07, 6.45) is 4.19. The number of anilines is 1. The van der Waals surface area contributed by atoms with Gasteiger partial charge in [0.25, 0.3) is 0 Å². The minimum absolute atomic E-state index is 0.506. The molecule has 0 atom stereocenters. The molecule has 1 aromatic carbocycles. The van der Waals surface area contributed by atoms with Crippen LogP contribution in [0.15, 0.2) is 24.3 Å². The van der Waals surface area contributed by atoms with Gasteiger partial charge in [0.15, 0.2) is 6.29 Å². The summed E-state index contributed by atoms with van der Waals surface area (Å²) in [6, 6.07) is 8.35. The highest BCUT2D eigenvalue weighted by Crippen LogP contribution is 2.16. The van der Waals surface area contributed by atoms with Crippen molar-refractivity contribution in [2.24, 2.45) is 0 Å². The molecule has 0 saturated carbocycles. The Kier molecular flexibility index (Phi) is 7.86. The van der Waals surface area contributed by atoms with Crippen molar-refractivity contribution in [3.8, 4) is 0 Å². The second-order valence-corrected chi connectivity index (χ2v) is 4.79. The number of nitrogens with zero attached hydrogens (tertiary/aromatic N) is 1. The Balaban J connectivity index is 2.58. The SMILES string of the molecule is O=[C]CCCc1ccc(N(CCCl)CCCl)cc1. The molecule has 0 unspecified atom stereocenters. The molecule has 0 fully saturated rings. The smallest absolute Gasteiger partial charge is 0.198 e. The van der Waals surface area contributed by atoms with Gasteiger partial charge in [-0.1, -0.05) is 12.1 Å². The molecule has 1 radical (unpaired) electrons. The van der Waals surface area contributed by atoms with Crippen LogP contribution in [0.25, 0.3) is 0 Å². The summed E-state index contributed by atoms with van der Waals surface area (Å²) in [7, 11) is 0. The number of unbranched alkanes of at least 4 members (excludes halogenated alkanes) is 1. The maximum absolute atomic E-state index is 10.1. The zero-order valence-corrected chi connectivity index (χ0v) is 11.9. The monoisotopic (exact) mass is 286 g/mol. The number of halogens is 2. The lowest BCUT2D eigenvalue weighted by Crippen LogP contribution is -2.27. The van der Waals surface area contributed by atoms with Gasteiger partial charge in [-0.3, -0.25) is 4.79 Å². The van der Waals surface area contributed by atoms with Crippen molar-refractivity contribution in [3.05, 3.63) is 29.8 Å². The van der Waals surface area contributed by atoms with Crippen LogP contribution in [0.1, 0.15) is 18.4 Å². The quantitative estimate of drug-likeness (QED) is 0.512. The summed E-state index contributed by atoms with van der Waals surface area (Å²) in [5, 5.41) is 0. The van der Waals surface area contributed by atoms with Gasteiger partial charge in [0.2, 0.25) is 0 Å². The predicted octanol–water partition coefficient (Wildman–Crippen LogP) is 3.40. The van der Waals surface area contributed by atoms with E-state index in [0.29, 0.717) is 18.2 Å². The summed E-state index contributed by atoms with van der Waals surface area (Å²) in [5.74, 6) is 1.18. The van der Waals surface area contributed by atoms with Crippen molar-refractivity contribution in [3.63, 3.8) is 0 Å². The molecule has 0 bridgehead atoms. The van der Waals surface area contributed by atoms with E-state index in [-0.39, 0.29) is 0 Å². The average Bonchev–Trinajstić information content (AvgIpc) is 2.40. The molecule has 0 N–H and O–H groups in total. The molecule has 4 heteroatoms. The Morgan fingerprint density at radius 1 is 1.06 bits per heavy atom. The van der Waals surface area contributed by atoms with E-state index in [9.17, 15) is 4.79 Å². The van der Waals surface area contributed by atoms with Crippen molar-refractivity contribution in [2.75, 3.05) is 29.7 Å². The van der Waals surface area contributed by atoms with Crippen LogP contribution in [-0.2, 0) is 11.2 Å². The zero-order valence-electron chi connectivity index (χ0n) is 10.4. The molecule has 0 amide bonds. The molecule has 0 saturated heterocycles. The minimum Gasteiger partial charge on any atom is -0.369 e. The molecule has 0 aromatic heterocycles. The fraction of sp³-hybridized carbons (Fsp3) is 0.500. The average molecular weight is 287 g/mol. The molecule has 0 aliphatic heterocycles. The maximum Gasteiger partial charge on any atom is 0.198 e. The lowest BCUT2D eigenvalue weighted by molar-refractivity contribution is 0.548. The van der Waals surface area contributed by atoms with E-state index >= 15 is 0 Å². The van der Waals surface area contributed by atoms with E-state index in [4.69, 9.17) is 23.2 Å². The van der Waals surface area contributed by atoms with Crippen LogP contribution >= 0.6 is 23.2 Å². The highest BCUT2D eigenvalue weighted by molar-refractivity contribution is 6.18. The second-order valence-electron chi connectivity index (χ2n) is 4.03. The maximum atomic E-state index is 10.1. The van der Waals surface area contributed by atoms with Gasteiger partial charge < -0.3 is 4.90 Å². The first kappa shape index (κ1) is 15.3. The van der Waals surface area contributed by atoms with Gasteiger partial charge in [-0.2, -0.15) is 0 Å². The standard InChI is InChI=1S/C14H18Cl2NO/c15-8-10-17(11-9-16)14-6-4-13(5-7-14)3-1-2-12-18/h4-7H,1-3,8-11H2. The molecule has 0 aliphatic rings. The zero-order chi connectivity index (χ0) is 13.2. The molecule has 1 rings (SSSR count). The van der Waals surface area contributed by atoms with Crippen LogP contribution in [0.3, 0.4) is 0 Å². The number of aryl methyl sites for hydroxylation is 1. The third-order valence-electron chi connectivity index (χ3n) is 2.75. The number of hydrogen-bond acceptors (Lipinski definition) is 2. The van der Waals surface area contributed by atoms with E-state index in [0.717, 1.165) is 31.6 Å². The van der Waals surface area contributed by atoms with E-state index in [1.807, 2.05) is 6.29 Å². The molecular formula is C14H18Cl2NO. The number of rotatable bonds is 9. The van der Waals surface area contributed by atoms with Gasteiger partial charge in [-0.15, -0.1) is 23.2 Å². The van der Waals surface area contributed by atoms with Crippen LogP contribution in [0.5, 0.6) is 0 Å². The van der Waals surface area contributed by atoms with E-state index in [1.165, 1.54) is 5.56 Å². The van der Waals surface area contributed by atoms with Gasteiger partial charge in [-0.05, 0) is 30.5 Å². The van der Waals surface area contributed by atoms with Crippen LogP contribution in [0, 0.1) is 0 Å². The molecule has 0 aliphatic carbocycles. The Labute approximate surface area is 119 Å². The number of carbonyl (C=O) groups excluding carboxylic acids is 1. The fourth-order valence-corrected chi connectivity index (χ4v) is 2.22. The Morgan fingerprint density at radius 3 is 2.17 bits per heavy atom. The molecule has 99 valence electrons. The molecular weight excluding hydrogens is 269 g/mol. The molecule has 2 nitrogen and oxygen atoms in total. The molecule has 0 spiro atoms. The molecule has 0 heterocycles. The molecule has 18 heavy (non-hydrogen) atoms. The Bertz CT molecular complexity index is 334. The van der Waals surface area contributed by atoms with E-state index in [2.05, 4.69) is 29.2 Å². The van der Waals surface area contributed by atoms with Crippen LogP contribution in [0.4, 0.5) is 5.69 Å². The third-order valence-corrected chi connectivity index (χ3v) is 3.09. The minimum atomic E-state index is 0.506. The van der Waals surface area contributed by atoms with Gasteiger partial charge in [0, 0.05) is 37.0 Å². The Hall–Kier alpha value is -0.730. The van der Waals surface area contributed by atoms with Crippen molar-refractivity contribution in [2.45, 2.75) is 19.3 Å². The summed E-state index contributed by atoms with van der Waals surface area (Å²) in [5.41, 5.74) is 2.38. The third kappa shape index (κ3) is 5.28. The first-order valence-corrected chi connectivity index (χ1v) is 7.19. The van der Waals surface area contributed by atoms with E-state index in [1.54, 1.807) is 0 Å². The van der Waals surface area contributed by atoms with Crippen LogP contribution in [0.2, 0.25) is 0 Å². The largest absolute Gasteiger partial charge is 0.369 e. The van der Waals surface area contributed by atoms with Gasteiger partial charge in [0.05, 0.1) is 0 Å². The highest BCUT2D eigenvalue weighted by atomic mass is 35.5. The number of alkyl halides is 2. The molecule has 1 aromatic rings. The van der Waals surface area contributed by atoms with Gasteiger partial charge >= 0.3 is 0 Å². The second kappa shape index (κ2) is 9.23. The first-order chi connectivity index (χ1) is 8.81. The summed E-state index contributed by atoms with van der Waals surface area (Å²) < 4.78 is 0. The van der Waals surface area contributed by atoms with Gasteiger partial charge in [0.1, 0.15) is 0 Å².